The molecule has 0 aliphatic carbocycles. The molecule has 2 aromatic rings. The van der Waals surface area contributed by atoms with Crippen LogP contribution in [0.4, 0.5) is 0 Å². The number of hydrogen-bond acceptors (Lipinski definition) is 4. The number of ether oxygens (including phenoxy) is 1. The number of benzene rings is 1. The van der Waals surface area contributed by atoms with Gasteiger partial charge in [-0.1, -0.05) is 6.07 Å². The van der Waals surface area contributed by atoms with Gasteiger partial charge in [0.05, 0.1) is 18.4 Å². The average molecular weight is 370 g/mol. The Balaban J connectivity index is 1.37. The van der Waals surface area contributed by atoms with E-state index < -0.39 is 0 Å². The lowest BCUT2D eigenvalue weighted by molar-refractivity contribution is -0.126. The molecule has 1 saturated heterocycles. The predicted molar refractivity (Wildman–Crippen MR) is 102 cm³/mol. The number of nitrogens with one attached hydrogen (secondary N) is 1. The maximum atomic E-state index is 12.3. The van der Waals surface area contributed by atoms with E-state index in [-0.39, 0.29) is 17.7 Å². The van der Waals surface area contributed by atoms with E-state index in [1.54, 1.807) is 11.0 Å². The Labute approximate surface area is 159 Å². The van der Waals surface area contributed by atoms with Crippen LogP contribution in [-0.4, -0.2) is 43.0 Å². The van der Waals surface area contributed by atoms with Crippen molar-refractivity contribution in [1.29, 1.82) is 0 Å². The molecule has 1 aliphatic rings. The second kappa shape index (κ2) is 8.75. The Bertz CT molecular complexity index is 757. The second-order valence-corrected chi connectivity index (χ2v) is 7.04. The van der Waals surface area contributed by atoms with Gasteiger partial charge >= 0.3 is 0 Å². The van der Waals surface area contributed by atoms with Gasteiger partial charge < -0.3 is 19.4 Å². The van der Waals surface area contributed by atoms with Crippen LogP contribution in [-0.2, 0) is 4.79 Å². The summed E-state index contributed by atoms with van der Waals surface area (Å²) in [5.74, 6) is 0.770. The zero-order valence-corrected chi connectivity index (χ0v) is 15.9. The molecule has 0 radical (unpaired) electrons. The molecule has 144 valence electrons. The van der Waals surface area contributed by atoms with Crippen molar-refractivity contribution < 1.29 is 18.7 Å². The summed E-state index contributed by atoms with van der Waals surface area (Å²) in [7, 11) is 0. The molecule has 1 aromatic heterocycles. The van der Waals surface area contributed by atoms with Crippen molar-refractivity contribution in [3.05, 3.63) is 53.5 Å². The monoisotopic (exact) mass is 370 g/mol. The summed E-state index contributed by atoms with van der Waals surface area (Å²) in [4.78, 5) is 26.4. The van der Waals surface area contributed by atoms with Gasteiger partial charge in [0.1, 0.15) is 18.6 Å². The van der Waals surface area contributed by atoms with E-state index >= 15 is 0 Å². The molecule has 0 saturated carbocycles. The number of amides is 2. The summed E-state index contributed by atoms with van der Waals surface area (Å²) >= 11 is 0. The van der Waals surface area contributed by atoms with Crippen LogP contribution in [0.3, 0.4) is 0 Å². The number of furan rings is 1. The first-order chi connectivity index (χ1) is 13.0. The van der Waals surface area contributed by atoms with Gasteiger partial charge in [-0.05, 0) is 56.0 Å². The van der Waals surface area contributed by atoms with E-state index in [2.05, 4.69) is 11.4 Å². The first kappa shape index (κ1) is 19.0. The van der Waals surface area contributed by atoms with Crippen LogP contribution >= 0.6 is 0 Å². The van der Waals surface area contributed by atoms with Crippen molar-refractivity contribution in [2.24, 2.45) is 5.92 Å². The molecular weight excluding hydrogens is 344 g/mol. The maximum absolute atomic E-state index is 12.3. The van der Waals surface area contributed by atoms with Gasteiger partial charge in [-0.25, -0.2) is 0 Å². The Morgan fingerprint density at radius 3 is 2.52 bits per heavy atom. The average Bonchev–Trinajstić information content (AvgIpc) is 3.18. The predicted octanol–water partition coefficient (Wildman–Crippen LogP) is 2.94. The minimum absolute atomic E-state index is 0.0365. The van der Waals surface area contributed by atoms with Crippen LogP contribution in [0.5, 0.6) is 5.75 Å². The molecule has 0 bridgehead atoms. The lowest BCUT2D eigenvalue weighted by Crippen LogP contribution is -2.43. The molecule has 1 aliphatic heterocycles. The van der Waals surface area contributed by atoms with Crippen LogP contribution in [0.25, 0.3) is 0 Å². The highest BCUT2D eigenvalue weighted by molar-refractivity contribution is 5.94. The second-order valence-electron chi connectivity index (χ2n) is 7.04. The van der Waals surface area contributed by atoms with Crippen molar-refractivity contribution in [3.8, 4) is 5.75 Å². The third kappa shape index (κ3) is 5.12. The summed E-state index contributed by atoms with van der Waals surface area (Å²) < 4.78 is 10.7. The van der Waals surface area contributed by atoms with Crippen molar-refractivity contribution in [2.75, 3.05) is 26.2 Å². The number of hydrogen-bond donors (Lipinski definition) is 1. The van der Waals surface area contributed by atoms with Gasteiger partial charge in [0, 0.05) is 19.0 Å². The first-order valence-electron chi connectivity index (χ1n) is 9.33. The molecule has 0 unspecified atom stereocenters. The van der Waals surface area contributed by atoms with Crippen molar-refractivity contribution in [3.63, 3.8) is 0 Å². The summed E-state index contributed by atoms with van der Waals surface area (Å²) in [5.41, 5.74) is 2.87. The summed E-state index contributed by atoms with van der Waals surface area (Å²) in [6.45, 7) is 6.14. The van der Waals surface area contributed by atoms with E-state index in [0.717, 1.165) is 16.9 Å². The minimum Gasteiger partial charge on any atom is -0.492 e. The Morgan fingerprint density at radius 1 is 1.19 bits per heavy atom. The quantitative estimate of drug-likeness (QED) is 0.794. The molecule has 2 amide bonds. The van der Waals surface area contributed by atoms with E-state index in [0.29, 0.717) is 44.6 Å². The highest BCUT2D eigenvalue weighted by atomic mass is 16.5. The number of carbonyl (C=O) groups excluding carboxylic acids is 2. The zero-order valence-electron chi connectivity index (χ0n) is 15.9. The fourth-order valence-corrected chi connectivity index (χ4v) is 3.42. The largest absolute Gasteiger partial charge is 0.492 e. The van der Waals surface area contributed by atoms with Crippen molar-refractivity contribution in [2.45, 2.75) is 26.7 Å². The van der Waals surface area contributed by atoms with Crippen molar-refractivity contribution in [1.82, 2.24) is 10.2 Å². The highest BCUT2D eigenvalue weighted by Crippen LogP contribution is 2.19. The standard InChI is InChI=1S/C21H26N2O4/c1-15-11-16(2)13-19(12-15)27-10-6-22-20(24)17-3-7-23(8-4-17)21(25)18-5-9-26-14-18/h5,9,11-14,17H,3-4,6-8,10H2,1-2H3,(H,22,24). The Hall–Kier alpha value is -2.76. The van der Waals surface area contributed by atoms with Gasteiger partial charge in [0.2, 0.25) is 5.91 Å². The van der Waals surface area contributed by atoms with Gasteiger partial charge in [-0.15, -0.1) is 0 Å². The molecule has 1 fully saturated rings. The number of aryl methyl sites for hydroxylation is 2. The molecule has 3 rings (SSSR count). The minimum atomic E-state index is -0.0559. The molecule has 2 heterocycles. The first-order valence-corrected chi connectivity index (χ1v) is 9.33. The third-order valence-electron chi connectivity index (χ3n) is 4.79. The van der Waals surface area contributed by atoms with Gasteiger partial charge in [0.25, 0.3) is 5.91 Å². The molecule has 6 nitrogen and oxygen atoms in total. The third-order valence-corrected chi connectivity index (χ3v) is 4.79. The van der Waals surface area contributed by atoms with Crippen LogP contribution in [0.15, 0.2) is 41.2 Å². The van der Waals surface area contributed by atoms with E-state index in [4.69, 9.17) is 9.15 Å². The molecule has 0 spiro atoms. The molecule has 6 heteroatoms. The molecule has 0 atom stereocenters. The number of piperidine rings is 1. The van der Waals surface area contributed by atoms with Crippen LogP contribution in [0, 0.1) is 19.8 Å². The SMILES string of the molecule is Cc1cc(C)cc(OCCNC(=O)C2CCN(C(=O)c3ccoc3)CC2)c1. The number of carbonyl (C=O) groups is 2. The van der Waals surface area contributed by atoms with Gasteiger partial charge in [-0.2, -0.15) is 0 Å². The van der Waals surface area contributed by atoms with E-state index in [1.165, 1.54) is 12.5 Å². The van der Waals surface area contributed by atoms with Crippen LogP contribution in [0.2, 0.25) is 0 Å². The Kier molecular flexibility index (Phi) is 6.16. The molecule has 1 aromatic carbocycles. The molecule has 1 N–H and O–H groups in total. The summed E-state index contributed by atoms with van der Waals surface area (Å²) in [6.07, 6.45) is 4.30. The topological polar surface area (TPSA) is 71.8 Å². The molecule has 27 heavy (non-hydrogen) atoms. The number of rotatable bonds is 6. The smallest absolute Gasteiger partial charge is 0.257 e. The maximum Gasteiger partial charge on any atom is 0.257 e. The van der Waals surface area contributed by atoms with Crippen LogP contribution < -0.4 is 10.1 Å². The van der Waals surface area contributed by atoms with Gasteiger partial charge in [0.15, 0.2) is 0 Å². The van der Waals surface area contributed by atoms with Crippen molar-refractivity contribution >= 4 is 11.8 Å². The van der Waals surface area contributed by atoms with E-state index in [1.807, 2.05) is 26.0 Å². The normalized spacial score (nSPS) is 14.8. The fourth-order valence-electron chi connectivity index (χ4n) is 3.42. The lowest BCUT2D eigenvalue weighted by atomic mass is 9.95. The van der Waals surface area contributed by atoms with Gasteiger partial charge in [-0.3, -0.25) is 9.59 Å². The molecular formula is C21H26N2O4. The summed E-state index contributed by atoms with van der Waals surface area (Å²) in [5, 5.41) is 2.94. The fraction of sp³-hybridized carbons (Fsp3) is 0.429. The van der Waals surface area contributed by atoms with Crippen LogP contribution in [0.1, 0.15) is 34.3 Å². The lowest BCUT2D eigenvalue weighted by Gasteiger charge is -2.31. The highest BCUT2D eigenvalue weighted by Gasteiger charge is 2.27. The Morgan fingerprint density at radius 2 is 1.89 bits per heavy atom. The number of likely N-dealkylation sites (tertiary alicyclic amines) is 1. The number of nitrogens with zero attached hydrogens (tertiary/aromatic N) is 1. The summed E-state index contributed by atoms with van der Waals surface area (Å²) in [6, 6.07) is 7.73. The zero-order chi connectivity index (χ0) is 19.2. The van der Waals surface area contributed by atoms with E-state index in [9.17, 15) is 9.59 Å².